The van der Waals surface area contributed by atoms with Crippen LogP contribution in [0.1, 0.15) is 24.5 Å². The van der Waals surface area contributed by atoms with E-state index in [1.54, 1.807) is 0 Å². The molecule has 0 unspecified atom stereocenters. The van der Waals surface area contributed by atoms with Crippen LogP contribution in [0.3, 0.4) is 0 Å². The first kappa shape index (κ1) is 16.4. The van der Waals surface area contributed by atoms with E-state index in [2.05, 4.69) is 23.6 Å². The maximum absolute atomic E-state index is 12.1. The standard InChI is InChI=1S/C18H21ClN2O/c1-3-14-6-4-5-13(2)18(14)21-17(22)11-12-20-16-9-7-15(19)8-10-16/h4-10,20H,3,11-12H2,1-2H3,(H,21,22). The van der Waals surface area contributed by atoms with Gasteiger partial charge in [-0.15, -0.1) is 0 Å². The van der Waals surface area contributed by atoms with Crippen molar-refractivity contribution in [3.8, 4) is 0 Å². The average Bonchev–Trinajstić information content (AvgIpc) is 2.51. The molecule has 0 saturated heterocycles. The summed E-state index contributed by atoms with van der Waals surface area (Å²) in [7, 11) is 0. The predicted octanol–water partition coefficient (Wildman–Crippen LogP) is 4.65. The quantitative estimate of drug-likeness (QED) is 0.814. The van der Waals surface area contributed by atoms with Gasteiger partial charge in [0.15, 0.2) is 0 Å². The largest absolute Gasteiger partial charge is 0.385 e. The third kappa shape index (κ3) is 4.50. The molecule has 0 aliphatic heterocycles. The van der Waals surface area contributed by atoms with Gasteiger partial charge < -0.3 is 10.6 Å². The smallest absolute Gasteiger partial charge is 0.226 e. The summed E-state index contributed by atoms with van der Waals surface area (Å²) in [5.74, 6) is 0.0189. The maximum Gasteiger partial charge on any atom is 0.226 e. The minimum Gasteiger partial charge on any atom is -0.385 e. The third-order valence-electron chi connectivity index (χ3n) is 3.53. The highest BCUT2D eigenvalue weighted by molar-refractivity contribution is 6.30. The minimum atomic E-state index is 0.0189. The Labute approximate surface area is 136 Å². The number of benzene rings is 2. The Hall–Kier alpha value is -2.00. The zero-order chi connectivity index (χ0) is 15.9. The van der Waals surface area contributed by atoms with Crippen molar-refractivity contribution in [3.05, 3.63) is 58.6 Å². The number of para-hydroxylation sites is 1. The van der Waals surface area contributed by atoms with Crippen LogP contribution in [0.4, 0.5) is 11.4 Å². The molecule has 0 radical (unpaired) electrons. The molecule has 22 heavy (non-hydrogen) atoms. The highest BCUT2D eigenvalue weighted by Gasteiger charge is 2.08. The molecule has 0 fully saturated rings. The van der Waals surface area contributed by atoms with Crippen molar-refractivity contribution in [1.29, 1.82) is 0 Å². The van der Waals surface area contributed by atoms with Gasteiger partial charge in [0.25, 0.3) is 0 Å². The Kier molecular flexibility index (Phi) is 5.84. The van der Waals surface area contributed by atoms with E-state index in [0.717, 1.165) is 23.4 Å². The van der Waals surface area contributed by atoms with Gasteiger partial charge in [-0.2, -0.15) is 0 Å². The van der Waals surface area contributed by atoms with E-state index in [4.69, 9.17) is 11.6 Å². The van der Waals surface area contributed by atoms with Crippen LogP contribution in [-0.4, -0.2) is 12.5 Å². The molecule has 2 aromatic rings. The second-order valence-corrected chi connectivity index (χ2v) is 5.63. The van der Waals surface area contributed by atoms with Crippen LogP contribution in [0.15, 0.2) is 42.5 Å². The lowest BCUT2D eigenvalue weighted by atomic mass is 10.1. The second-order valence-electron chi connectivity index (χ2n) is 5.19. The maximum atomic E-state index is 12.1. The van der Waals surface area contributed by atoms with Gasteiger partial charge in [0, 0.05) is 29.4 Å². The van der Waals surface area contributed by atoms with E-state index in [-0.39, 0.29) is 5.91 Å². The van der Waals surface area contributed by atoms with Crippen molar-refractivity contribution in [2.24, 2.45) is 0 Å². The second kappa shape index (κ2) is 7.85. The van der Waals surface area contributed by atoms with Crippen LogP contribution < -0.4 is 10.6 Å². The van der Waals surface area contributed by atoms with E-state index in [1.165, 1.54) is 5.56 Å². The summed E-state index contributed by atoms with van der Waals surface area (Å²) in [4.78, 5) is 12.1. The summed E-state index contributed by atoms with van der Waals surface area (Å²) in [6, 6.07) is 13.5. The number of amides is 1. The molecular weight excluding hydrogens is 296 g/mol. The molecule has 4 heteroatoms. The first-order valence-electron chi connectivity index (χ1n) is 7.48. The summed E-state index contributed by atoms with van der Waals surface area (Å²) in [5, 5.41) is 6.94. The number of nitrogens with one attached hydrogen (secondary N) is 2. The zero-order valence-electron chi connectivity index (χ0n) is 12.9. The van der Waals surface area contributed by atoms with Crippen LogP contribution >= 0.6 is 11.6 Å². The van der Waals surface area contributed by atoms with Crippen molar-refractivity contribution in [1.82, 2.24) is 0 Å². The Morgan fingerprint density at radius 1 is 1.14 bits per heavy atom. The number of carbonyl (C=O) groups is 1. The van der Waals surface area contributed by atoms with Crippen LogP contribution in [0.5, 0.6) is 0 Å². The SMILES string of the molecule is CCc1cccc(C)c1NC(=O)CCNc1ccc(Cl)cc1. The molecule has 2 rings (SSSR count). The van der Waals surface area contributed by atoms with Gasteiger partial charge in [0.1, 0.15) is 0 Å². The third-order valence-corrected chi connectivity index (χ3v) is 3.78. The van der Waals surface area contributed by atoms with E-state index in [1.807, 2.05) is 43.3 Å². The number of aryl methyl sites for hydroxylation is 2. The topological polar surface area (TPSA) is 41.1 Å². The molecule has 0 bridgehead atoms. The van der Waals surface area contributed by atoms with Gasteiger partial charge in [-0.05, 0) is 48.7 Å². The average molecular weight is 317 g/mol. The van der Waals surface area contributed by atoms with Crippen molar-refractivity contribution in [2.45, 2.75) is 26.7 Å². The predicted molar refractivity (Wildman–Crippen MR) is 93.7 cm³/mol. The molecule has 2 aromatic carbocycles. The molecule has 0 heterocycles. The fraction of sp³-hybridized carbons (Fsp3) is 0.278. The van der Waals surface area contributed by atoms with Gasteiger partial charge in [-0.25, -0.2) is 0 Å². The monoisotopic (exact) mass is 316 g/mol. The summed E-state index contributed by atoms with van der Waals surface area (Å²) in [5.41, 5.74) is 4.17. The van der Waals surface area contributed by atoms with Gasteiger partial charge in [0.05, 0.1) is 0 Å². The van der Waals surface area contributed by atoms with Crippen molar-refractivity contribution >= 4 is 28.9 Å². The lowest BCUT2D eigenvalue weighted by molar-refractivity contribution is -0.115. The number of anilines is 2. The molecule has 0 atom stereocenters. The molecule has 2 N–H and O–H groups in total. The Morgan fingerprint density at radius 3 is 2.55 bits per heavy atom. The van der Waals surface area contributed by atoms with E-state index in [0.29, 0.717) is 18.0 Å². The fourth-order valence-electron chi connectivity index (χ4n) is 2.29. The Bertz CT molecular complexity index is 638. The zero-order valence-corrected chi connectivity index (χ0v) is 13.7. The van der Waals surface area contributed by atoms with E-state index in [9.17, 15) is 4.79 Å². The van der Waals surface area contributed by atoms with Gasteiger partial charge in [-0.3, -0.25) is 4.79 Å². The Morgan fingerprint density at radius 2 is 1.86 bits per heavy atom. The van der Waals surface area contributed by atoms with Crippen LogP contribution in [-0.2, 0) is 11.2 Å². The van der Waals surface area contributed by atoms with Crippen molar-refractivity contribution < 1.29 is 4.79 Å². The van der Waals surface area contributed by atoms with Crippen LogP contribution in [0, 0.1) is 6.92 Å². The molecule has 1 amide bonds. The van der Waals surface area contributed by atoms with Crippen molar-refractivity contribution in [3.63, 3.8) is 0 Å². The number of hydrogen-bond donors (Lipinski definition) is 2. The minimum absolute atomic E-state index is 0.0189. The molecule has 0 saturated carbocycles. The normalized spacial score (nSPS) is 10.3. The lowest BCUT2D eigenvalue weighted by Gasteiger charge is -2.13. The Balaban J connectivity index is 1.87. The van der Waals surface area contributed by atoms with E-state index >= 15 is 0 Å². The van der Waals surface area contributed by atoms with Crippen molar-refractivity contribution in [2.75, 3.05) is 17.2 Å². The first-order valence-corrected chi connectivity index (χ1v) is 7.85. The molecule has 116 valence electrons. The highest BCUT2D eigenvalue weighted by atomic mass is 35.5. The number of hydrogen-bond acceptors (Lipinski definition) is 2. The first-order chi connectivity index (χ1) is 10.6. The fourth-order valence-corrected chi connectivity index (χ4v) is 2.42. The molecule has 0 spiro atoms. The van der Waals surface area contributed by atoms with Crippen LogP contribution in [0.2, 0.25) is 5.02 Å². The molecule has 3 nitrogen and oxygen atoms in total. The molecular formula is C18H21ClN2O. The number of rotatable bonds is 6. The van der Waals surface area contributed by atoms with Gasteiger partial charge >= 0.3 is 0 Å². The number of halogens is 1. The van der Waals surface area contributed by atoms with Gasteiger partial charge in [0.2, 0.25) is 5.91 Å². The lowest BCUT2D eigenvalue weighted by Crippen LogP contribution is -2.17. The molecule has 0 aliphatic rings. The highest BCUT2D eigenvalue weighted by Crippen LogP contribution is 2.21. The summed E-state index contributed by atoms with van der Waals surface area (Å²) in [6.07, 6.45) is 1.32. The van der Waals surface area contributed by atoms with Crippen LogP contribution in [0.25, 0.3) is 0 Å². The van der Waals surface area contributed by atoms with E-state index < -0.39 is 0 Å². The summed E-state index contributed by atoms with van der Waals surface area (Å²) < 4.78 is 0. The summed E-state index contributed by atoms with van der Waals surface area (Å²) >= 11 is 5.84. The molecule has 0 aromatic heterocycles. The number of carbonyl (C=O) groups excluding carboxylic acids is 1. The summed E-state index contributed by atoms with van der Waals surface area (Å²) in [6.45, 7) is 4.69. The van der Waals surface area contributed by atoms with Gasteiger partial charge in [-0.1, -0.05) is 36.7 Å². The molecule has 0 aliphatic carbocycles.